The van der Waals surface area contributed by atoms with Gasteiger partial charge in [0.05, 0.1) is 5.69 Å². The predicted molar refractivity (Wildman–Crippen MR) is 109 cm³/mol. The molecular formula is C21H27N5O2. The van der Waals surface area contributed by atoms with Crippen LogP contribution in [0.2, 0.25) is 0 Å². The lowest BCUT2D eigenvalue weighted by Crippen LogP contribution is -2.50. The highest BCUT2D eigenvalue weighted by Crippen LogP contribution is 2.22. The summed E-state index contributed by atoms with van der Waals surface area (Å²) in [5, 5.41) is 3.00. The van der Waals surface area contributed by atoms with Gasteiger partial charge in [-0.3, -0.25) is 9.69 Å². The van der Waals surface area contributed by atoms with E-state index in [9.17, 15) is 9.59 Å². The van der Waals surface area contributed by atoms with E-state index in [1.807, 2.05) is 29.2 Å². The summed E-state index contributed by atoms with van der Waals surface area (Å²) >= 11 is 0. The molecule has 0 unspecified atom stereocenters. The van der Waals surface area contributed by atoms with Crippen LogP contribution in [0, 0.1) is 6.92 Å². The van der Waals surface area contributed by atoms with Gasteiger partial charge >= 0.3 is 6.03 Å². The van der Waals surface area contributed by atoms with Gasteiger partial charge in [-0.15, -0.1) is 0 Å². The van der Waals surface area contributed by atoms with Gasteiger partial charge in [-0.1, -0.05) is 12.1 Å². The van der Waals surface area contributed by atoms with E-state index in [-0.39, 0.29) is 11.6 Å². The fourth-order valence-corrected chi connectivity index (χ4v) is 4.20. The molecule has 2 amide bonds. The number of amides is 2. The van der Waals surface area contributed by atoms with Gasteiger partial charge in [0.1, 0.15) is 5.82 Å². The summed E-state index contributed by atoms with van der Waals surface area (Å²) < 4.78 is 0. The Hall–Kier alpha value is -2.67. The molecule has 1 aromatic carbocycles. The average Bonchev–Trinajstić information content (AvgIpc) is 3.23. The molecule has 2 aliphatic rings. The first-order valence-corrected chi connectivity index (χ1v) is 10.1. The highest BCUT2D eigenvalue weighted by molar-refractivity contribution is 5.89. The van der Waals surface area contributed by atoms with Crippen LogP contribution >= 0.6 is 0 Å². The van der Waals surface area contributed by atoms with Crippen molar-refractivity contribution in [3.8, 4) is 11.3 Å². The minimum atomic E-state index is -0.169. The van der Waals surface area contributed by atoms with Crippen LogP contribution in [-0.2, 0) is 0 Å². The number of anilines is 1. The summed E-state index contributed by atoms with van der Waals surface area (Å²) in [5.74, 6) is 0.581. The van der Waals surface area contributed by atoms with Gasteiger partial charge in [0.15, 0.2) is 0 Å². The van der Waals surface area contributed by atoms with E-state index in [0.29, 0.717) is 17.6 Å². The van der Waals surface area contributed by atoms with Crippen LogP contribution < -0.4 is 10.9 Å². The number of aryl methyl sites for hydroxylation is 1. The lowest BCUT2D eigenvalue weighted by Gasteiger charge is -2.37. The fourth-order valence-electron chi connectivity index (χ4n) is 4.20. The van der Waals surface area contributed by atoms with E-state index in [1.54, 1.807) is 6.92 Å². The Balaban J connectivity index is 1.39. The van der Waals surface area contributed by atoms with Crippen LogP contribution in [-0.4, -0.2) is 58.0 Å². The number of rotatable bonds is 3. The Bertz CT molecular complexity index is 886. The Morgan fingerprint density at radius 2 is 1.89 bits per heavy atom. The summed E-state index contributed by atoms with van der Waals surface area (Å²) in [5.41, 5.74) is 2.05. The van der Waals surface area contributed by atoms with Crippen molar-refractivity contribution in [2.75, 3.05) is 31.5 Å². The van der Waals surface area contributed by atoms with E-state index < -0.39 is 0 Å². The molecule has 148 valence electrons. The van der Waals surface area contributed by atoms with Crippen molar-refractivity contribution in [2.45, 2.75) is 38.6 Å². The van der Waals surface area contributed by atoms with Crippen LogP contribution in [0.1, 0.15) is 31.5 Å². The average molecular weight is 381 g/mol. The number of carbonyl (C=O) groups is 1. The summed E-state index contributed by atoms with van der Waals surface area (Å²) in [6, 6.07) is 9.39. The Labute approximate surface area is 164 Å². The third kappa shape index (κ3) is 4.25. The quantitative estimate of drug-likeness (QED) is 0.857. The molecule has 0 bridgehead atoms. The lowest BCUT2D eigenvalue weighted by molar-refractivity contribution is 0.132. The van der Waals surface area contributed by atoms with Gasteiger partial charge < -0.3 is 15.2 Å². The number of aromatic nitrogens is 2. The molecule has 2 fully saturated rings. The molecule has 28 heavy (non-hydrogen) atoms. The minimum Gasteiger partial charge on any atom is -0.323 e. The molecule has 2 N–H and O–H groups in total. The van der Waals surface area contributed by atoms with Crippen molar-refractivity contribution >= 4 is 11.7 Å². The number of likely N-dealkylation sites (tertiary alicyclic amines) is 2. The van der Waals surface area contributed by atoms with Crippen molar-refractivity contribution in [2.24, 2.45) is 0 Å². The molecule has 2 saturated heterocycles. The molecular weight excluding hydrogens is 354 g/mol. The zero-order valence-electron chi connectivity index (χ0n) is 16.3. The number of benzene rings is 1. The number of piperidine rings is 1. The Morgan fingerprint density at radius 1 is 1.14 bits per heavy atom. The second-order valence-electron chi connectivity index (χ2n) is 7.71. The Morgan fingerprint density at radius 3 is 2.61 bits per heavy atom. The molecule has 2 aromatic rings. The minimum absolute atomic E-state index is 0.0400. The van der Waals surface area contributed by atoms with E-state index in [2.05, 4.69) is 20.2 Å². The first-order chi connectivity index (χ1) is 13.6. The predicted octanol–water partition coefficient (Wildman–Crippen LogP) is 2.84. The number of aromatic amines is 1. The number of hydrogen-bond acceptors (Lipinski definition) is 4. The number of hydrogen-bond donors (Lipinski definition) is 2. The van der Waals surface area contributed by atoms with Crippen LogP contribution in [0.5, 0.6) is 0 Å². The molecule has 7 nitrogen and oxygen atoms in total. The first-order valence-electron chi connectivity index (χ1n) is 10.1. The molecule has 1 aromatic heterocycles. The molecule has 2 aliphatic heterocycles. The standard InChI is InChI=1S/C21H27N5O2/c1-15-22-19(13-20(27)23-15)16-6-8-17(9-7-16)24-21(28)26-12-4-5-18(14-26)25-10-2-3-11-25/h6-9,13,18H,2-5,10-12,14H2,1H3,(H,24,28)(H,22,23,27)/t18-/m0/s1. The molecule has 0 radical (unpaired) electrons. The highest BCUT2D eigenvalue weighted by atomic mass is 16.2. The fraction of sp³-hybridized carbons (Fsp3) is 0.476. The molecule has 0 saturated carbocycles. The van der Waals surface area contributed by atoms with E-state index in [1.165, 1.54) is 25.3 Å². The molecule has 4 rings (SSSR count). The lowest BCUT2D eigenvalue weighted by atomic mass is 10.0. The van der Waals surface area contributed by atoms with Crippen molar-refractivity contribution in [3.05, 3.63) is 46.5 Å². The number of nitrogens with zero attached hydrogens (tertiary/aromatic N) is 3. The molecule has 3 heterocycles. The molecule has 0 aliphatic carbocycles. The highest BCUT2D eigenvalue weighted by Gasteiger charge is 2.29. The molecule has 1 atom stereocenters. The second kappa shape index (κ2) is 8.14. The number of carbonyl (C=O) groups excluding carboxylic acids is 1. The van der Waals surface area contributed by atoms with Crippen molar-refractivity contribution < 1.29 is 4.79 Å². The van der Waals surface area contributed by atoms with E-state index >= 15 is 0 Å². The third-order valence-corrected chi connectivity index (χ3v) is 5.63. The normalized spacial score (nSPS) is 20.3. The molecule has 7 heteroatoms. The summed E-state index contributed by atoms with van der Waals surface area (Å²) in [6.07, 6.45) is 4.79. The second-order valence-corrected chi connectivity index (χ2v) is 7.71. The molecule has 0 spiro atoms. The zero-order chi connectivity index (χ0) is 19.5. The summed E-state index contributed by atoms with van der Waals surface area (Å²) in [6.45, 7) is 5.70. The maximum absolute atomic E-state index is 12.7. The third-order valence-electron chi connectivity index (χ3n) is 5.63. The van der Waals surface area contributed by atoms with Gasteiger partial charge in [0.25, 0.3) is 5.56 Å². The van der Waals surface area contributed by atoms with Crippen LogP contribution in [0.15, 0.2) is 35.1 Å². The van der Waals surface area contributed by atoms with Gasteiger partial charge in [-0.2, -0.15) is 0 Å². The largest absolute Gasteiger partial charge is 0.323 e. The smallest absolute Gasteiger partial charge is 0.321 e. The number of H-pyrrole nitrogens is 1. The van der Waals surface area contributed by atoms with Crippen molar-refractivity contribution in [3.63, 3.8) is 0 Å². The zero-order valence-corrected chi connectivity index (χ0v) is 16.3. The van der Waals surface area contributed by atoms with E-state index in [0.717, 1.165) is 43.9 Å². The van der Waals surface area contributed by atoms with E-state index in [4.69, 9.17) is 0 Å². The number of nitrogens with one attached hydrogen (secondary N) is 2. The summed E-state index contributed by atoms with van der Waals surface area (Å²) in [7, 11) is 0. The van der Waals surface area contributed by atoms with Crippen LogP contribution in [0.25, 0.3) is 11.3 Å². The maximum Gasteiger partial charge on any atom is 0.321 e. The van der Waals surface area contributed by atoms with Crippen molar-refractivity contribution in [1.29, 1.82) is 0 Å². The van der Waals surface area contributed by atoms with Crippen LogP contribution in [0.4, 0.5) is 10.5 Å². The summed E-state index contributed by atoms with van der Waals surface area (Å²) in [4.78, 5) is 35.8. The maximum atomic E-state index is 12.7. The SMILES string of the molecule is Cc1nc(-c2ccc(NC(=O)N3CCC[C@H](N4CCCC4)C3)cc2)cc(=O)[nH]1. The Kier molecular flexibility index (Phi) is 5.43. The van der Waals surface area contributed by atoms with Crippen LogP contribution in [0.3, 0.4) is 0 Å². The monoisotopic (exact) mass is 381 g/mol. The van der Waals surface area contributed by atoms with Gasteiger partial charge in [-0.25, -0.2) is 9.78 Å². The topological polar surface area (TPSA) is 81.3 Å². The van der Waals surface area contributed by atoms with Gasteiger partial charge in [-0.05, 0) is 57.8 Å². The number of urea groups is 1. The first kappa shape index (κ1) is 18.7. The van der Waals surface area contributed by atoms with Crippen molar-refractivity contribution in [1.82, 2.24) is 19.8 Å². The van der Waals surface area contributed by atoms with Gasteiger partial charge in [0.2, 0.25) is 0 Å². The van der Waals surface area contributed by atoms with Gasteiger partial charge in [0, 0.05) is 36.4 Å².